The molecule has 1 aromatic heterocycles. The molecular weight excluding hydrogens is 352 g/mol. The zero-order valence-electron chi connectivity index (χ0n) is 14.4. The Kier molecular flexibility index (Phi) is 5.14. The van der Waals surface area contributed by atoms with Crippen molar-refractivity contribution in [1.82, 2.24) is 15.2 Å². The van der Waals surface area contributed by atoms with Crippen LogP contribution in [-0.4, -0.2) is 21.4 Å². The van der Waals surface area contributed by atoms with Crippen molar-refractivity contribution in [3.05, 3.63) is 75.2 Å². The van der Waals surface area contributed by atoms with Crippen LogP contribution in [-0.2, 0) is 6.54 Å². The fraction of sp³-hybridized carbons (Fsp3) is 0.158. The Labute approximate surface area is 155 Å². The first-order valence-electron chi connectivity index (χ1n) is 8.12. The largest absolute Gasteiger partial charge is 0.292 e. The van der Waals surface area contributed by atoms with Crippen LogP contribution in [0.4, 0.5) is 0 Å². The molecule has 0 aliphatic carbocycles. The Morgan fingerprint density at radius 2 is 1.81 bits per heavy atom. The molecule has 1 heterocycles. The summed E-state index contributed by atoms with van der Waals surface area (Å²) in [6.07, 6.45) is 0. The highest BCUT2D eigenvalue weighted by atomic mass is 35.5. The third kappa shape index (κ3) is 3.36. The van der Waals surface area contributed by atoms with Crippen molar-refractivity contribution in [2.45, 2.75) is 20.4 Å². The van der Waals surface area contributed by atoms with Crippen molar-refractivity contribution in [3.63, 3.8) is 0 Å². The molecule has 0 saturated carbocycles. The second-order valence-corrected chi connectivity index (χ2v) is 6.04. The van der Waals surface area contributed by atoms with Gasteiger partial charge in [-0.05, 0) is 26.0 Å². The molecule has 0 aliphatic heterocycles. The van der Waals surface area contributed by atoms with Crippen LogP contribution >= 0.6 is 11.6 Å². The zero-order chi connectivity index (χ0) is 18.7. The minimum atomic E-state index is -0.491. The number of hydrogen-bond donors (Lipinski definition) is 1. The van der Waals surface area contributed by atoms with Crippen LogP contribution < -0.4 is 11.0 Å². The Balaban J connectivity index is 1.98. The monoisotopic (exact) mass is 368 g/mol. The van der Waals surface area contributed by atoms with E-state index in [1.54, 1.807) is 44.2 Å². The van der Waals surface area contributed by atoms with E-state index in [9.17, 15) is 9.59 Å². The summed E-state index contributed by atoms with van der Waals surface area (Å²) in [5, 5.41) is 9.79. The number of amides is 1. The van der Waals surface area contributed by atoms with Crippen molar-refractivity contribution in [2.75, 3.05) is 0 Å². The molecule has 6 nitrogen and oxygen atoms in total. The maximum atomic E-state index is 12.6. The third-order valence-electron chi connectivity index (χ3n) is 3.97. The number of carbonyl (C=O) groups excluding carboxylic acids is 1. The van der Waals surface area contributed by atoms with Crippen molar-refractivity contribution in [3.8, 4) is 0 Å². The lowest BCUT2D eigenvalue weighted by atomic mass is 10.1. The lowest BCUT2D eigenvalue weighted by molar-refractivity contribution is 0.0949. The number of nitrogens with one attached hydrogen (secondary N) is 1. The van der Waals surface area contributed by atoms with Gasteiger partial charge in [-0.25, -0.2) is 10.1 Å². The third-order valence-corrected chi connectivity index (χ3v) is 4.30. The second kappa shape index (κ2) is 7.49. The van der Waals surface area contributed by atoms with Gasteiger partial charge in [0.05, 0.1) is 11.1 Å². The lowest BCUT2D eigenvalue weighted by Gasteiger charge is -2.09. The van der Waals surface area contributed by atoms with Gasteiger partial charge in [-0.1, -0.05) is 48.0 Å². The lowest BCUT2D eigenvalue weighted by Crippen LogP contribution is -2.28. The molecule has 0 fully saturated rings. The van der Waals surface area contributed by atoms with E-state index in [1.807, 2.05) is 18.2 Å². The van der Waals surface area contributed by atoms with Gasteiger partial charge in [-0.15, -0.1) is 0 Å². The Hall–Kier alpha value is -2.99. The molecule has 2 aromatic carbocycles. The number of fused-ring (bicyclic) bond motifs is 1. The predicted molar refractivity (Wildman–Crippen MR) is 103 cm³/mol. The van der Waals surface area contributed by atoms with Gasteiger partial charge >= 0.3 is 0 Å². The molecule has 1 amide bonds. The van der Waals surface area contributed by atoms with Gasteiger partial charge in [0.2, 0.25) is 0 Å². The average Bonchev–Trinajstić information content (AvgIpc) is 2.66. The highest BCUT2D eigenvalue weighted by molar-refractivity contribution is 6.34. The number of aromatic nitrogens is 2. The topological polar surface area (TPSA) is 76.3 Å². The number of nitrogens with zero attached hydrogens (tertiary/aromatic N) is 3. The summed E-state index contributed by atoms with van der Waals surface area (Å²) < 4.78 is 1.27. The van der Waals surface area contributed by atoms with Gasteiger partial charge in [0.1, 0.15) is 0 Å². The number of hydrogen-bond acceptors (Lipinski definition) is 4. The molecule has 0 unspecified atom stereocenters. The van der Waals surface area contributed by atoms with Crippen molar-refractivity contribution >= 4 is 34.0 Å². The first-order chi connectivity index (χ1) is 12.5. The zero-order valence-corrected chi connectivity index (χ0v) is 15.1. The van der Waals surface area contributed by atoms with E-state index >= 15 is 0 Å². The van der Waals surface area contributed by atoms with E-state index in [0.29, 0.717) is 28.1 Å². The highest BCUT2D eigenvalue weighted by Crippen LogP contribution is 2.16. The maximum Gasteiger partial charge on any atom is 0.292 e. The first-order valence-corrected chi connectivity index (χ1v) is 8.50. The van der Waals surface area contributed by atoms with E-state index in [1.165, 1.54) is 4.68 Å². The number of halogens is 1. The minimum Gasteiger partial charge on any atom is -0.267 e. The van der Waals surface area contributed by atoms with Crippen LogP contribution in [0.15, 0.2) is 58.4 Å². The number of rotatable bonds is 4. The van der Waals surface area contributed by atoms with Gasteiger partial charge in [0.15, 0.2) is 5.69 Å². The van der Waals surface area contributed by atoms with Crippen LogP contribution in [0.5, 0.6) is 0 Å². The molecule has 0 aliphatic rings. The molecule has 0 bridgehead atoms. The van der Waals surface area contributed by atoms with Crippen LogP contribution in [0.1, 0.15) is 29.9 Å². The Bertz CT molecular complexity index is 1070. The summed E-state index contributed by atoms with van der Waals surface area (Å²) in [4.78, 5) is 25.0. The normalized spacial score (nSPS) is 11.6. The SMILES string of the molecule is CCn1nc(C(=O)N/N=C(/C)c2ccccc2Cl)c2ccccc2c1=O. The Morgan fingerprint density at radius 3 is 2.50 bits per heavy atom. The summed E-state index contributed by atoms with van der Waals surface area (Å²) >= 11 is 6.14. The fourth-order valence-corrected chi connectivity index (χ4v) is 2.89. The standard InChI is InChI=1S/C19H17ClN4O2/c1-3-24-19(26)15-10-5-4-9-14(15)17(23-24)18(25)22-21-12(2)13-8-6-7-11-16(13)20/h4-11H,3H2,1-2H3,(H,22,25)/b21-12-. The van der Waals surface area contributed by atoms with Gasteiger partial charge in [0, 0.05) is 22.5 Å². The molecule has 1 N–H and O–H groups in total. The average molecular weight is 369 g/mol. The summed E-state index contributed by atoms with van der Waals surface area (Å²) in [7, 11) is 0. The van der Waals surface area contributed by atoms with Gasteiger partial charge in [0.25, 0.3) is 11.5 Å². The molecule has 3 aromatic rings. The van der Waals surface area contributed by atoms with Crippen LogP contribution in [0, 0.1) is 0 Å². The van der Waals surface area contributed by atoms with E-state index in [4.69, 9.17) is 11.6 Å². The quantitative estimate of drug-likeness (QED) is 0.567. The number of carbonyl (C=O) groups is 1. The van der Waals surface area contributed by atoms with E-state index in [2.05, 4.69) is 15.6 Å². The van der Waals surface area contributed by atoms with Crippen LogP contribution in [0.25, 0.3) is 10.8 Å². The molecule has 132 valence electrons. The van der Waals surface area contributed by atoms with E-state index < -0.39 is 5.91 Å². The number of aryl methyl sites for hydroxylation is 1. The van der Waals surface area contributed by atoms with E-state index in [-0.39, 0.29) is 11.3 Å². The summed E-state index contributed by atoms with van der Waals surface area (Å²) in [6.45, 7) is 3.91. The summed E-state index contributed by atoms with van der Waals surface area (Å²) in [5.41, 5.74) is 3.72. The number of hydrazone groups is 1. The summed E-state index contributed by atoms with van der Waals surface area (Å²) in [6, 6.07) is 14.1. The van der Waals surface area contributed by atoms with Gasteiger partial charge in [-0.2, -0.15) is 10.2 Å². The second-order valence-electron chi connectivity index (χ2n) is 5.63. The van der Waals surface area contributed by atoms with Crippen molar-refractivity contribution in [2.24, 2.45) is 5.10 Å². The molecular formula is C19H17ClN4O2. The Morgan fingerprint density at radius 1 is 1.15 bits per heavy atom. The van der Waals surface area contributed by atoms with Crippen molar-refractivity contribution < 1.29 is 4.79 Å². The van der Waals surface area contributed by atoms with Crippen molar-refractivity contribution in [1.29, 1.82) is 0 Å². The molecule has 7 heteroatoms. The first kappa shape index (κ1) is 17.8. The molecule has 0 spiro atoms. The molecule has 26 heavy (non-hydrogen) atoms. The van der Waals surface area contributed by atoms with Gasteiger partial charge < -0.3 is 0 Å². The maximum absolute atomic E-state index is 12.6. The minimum absolute atomic E-state index is 0.151. The molecule has 0 saturated heterocycles. The highest BCUT2D eigenvalue weighted by Gasteiger charge is 2.16. The molecule has 3 rings (SSSR count). The van der Waals surface area contributed by atoms with Crippen LogP contribution in [0.3, 0.4) is 0 Å². The van der Waals surface area contributed by atoms with E-state index in [0.717, 1.165) is 5.56 Å². The van der Waals surface area contributed by atoms with Gasteiger partial charge in [-0.3, -0.25) is 9.59 Å². The smallest absolute Gasteiger partial charge is 0.267 e. The number of benzene rings is 2. The fourth-order valence-electron chi connectivity index (χ4n) is 2.62. The molecule has 0 radical (unpaired) electrons. The summed E-state index contributed by atoms with van der Waals surface area (Å²) in [5.74, 6) is -0.491. The molecule has 0 atom stereocenters. The van der Waals surface area contributed by atoms with Crippen LogP contribution in [0.2, 0.25) is 5.02 Å². The predicted octanol–water partition coefficient (Wildman–Crippen LogP) is 3.22.